The first-order valence-corrected chi connectivity index (χ1v) is 11.4. The van der Waals surface area contributed by atoms with Crippen molar-refractivity contribution in [2.24, 2.45) is 10.9 Å². The molecule has 1 unspecified atom stereocenters. The van der Waals surface area contributed by atoms with E-state index in [4.69, 9.17) is 4.74 Å². The number of benzene rings is 1. The first kappa shape index (κ1) is 24.8. The van der Waals surface area contributed by atoms with Crippen LogP contribution in [-0.4, -0.2) is 73.5 Å². The molecule has 2 aliphatic heterocycles. The number of hydrogen-bond donors (Lipinski definition) is 2. The first-order chi connectivity index (χ1) is 15.1. The van der Waals surface area contributed by atoms with E-state index in [1.54, 1.807) is 7.05 Å². The number of halogens is 1. The van der Waals surface area contributed by atoms with Gasteiger partial charge in [-0.25, -0.2) is 0 Å². The van der Waals surface area contributed by atoms with Gasteiger partial charge in [-0.3, -0.25) is 14.6 Å². The van der Waals surface area contributed by atoms with Crippen LogP contribution in [0.25, 0.3) is 0 Å². The molecule has 3 aliphatic rings. The van der Waals surface area contributed by atoms with Crippen molar-refractivity contribution in [1.82, 2.24) is 15.1 Å². The molecule has 1 atom stereocenters. The second-order valence-electron chi connectivity index (χ2n) is 8.53. The van der Waals surface area contributed by atoms with Crippen molar-refractivity contribution in [2.45, 2.75) is 44.8 Å². The summed E-state index contributed by atoms with van der Waals surface area (Å²) in [5.74, 6) is 1.25. The standard InChI is InChI=1S/C23H33N5O3.HI/c1-24-23(28-12-10-27(11-13-28)22(30)20-9-4-14-31-20)25-16-17-5-2-8-19(15-17)26-21(29)18-6-3-7-18;/h2,5,8,15,18,20H,3-4,6-7,9-14,16H2,1H3,(H,24,25)(H,26,29);1H. The lowest BCUT2D eigenvalue weighted by molar-refractivity contribution is -0.142. The van der Waals surface area contributed by atoms with Crippen molar-refractivity contribution >= 4 is 47.4 Å². The molecule has 176 valence electrons. The van der Waals surface area contributed by atoms with Crippen LogP contribution in [0.3, 0.4) is 0 Å². The van der Waals surface area contributed by atoms with Gasteiger partial charge in [0.1, 0.15) is 6.10 Å². The number of amides is 2. The van der Waals surface area contributed by atoms with E-state index in [1.165, 1.54) is 0 Å². The number of piperazine rings is 1. The van der Waals surface area contributed by atoms with E-state index in [1.807, 2.05) is 29.2 Å². The van der Waals surface area contributed by atoms with Gasteiger partial charge in [-0.05, 0) is 43.4 Å². The van der Waals surface area contributed by atoms with Crippen molar-refractivity contribution in [3.8, 4) is 0 Å². The largest absolute Gasteiger partial charge is 0.368 e. The fourth-order valence-electron chi connectivity index (χ4n) is 4.30. The van der Waals surface area contributed by atoms with Crippen molar-refractivity contribution in [1.29, 1.82) is 0 Å². The Balaban J connectivity index is 0.00000289. The van der Waals surface area contributed by atoms with Crippen LogP contribution in [-0.2, 0) is 20.9 Å². The van der Waals surface area contributed by atoms with Crippen LogP contribution in [0.15, 0.2) is 29.3 Å². The van der Waals surface area contributed by atoms with E-state index in [0.29, 0.717) is 26.2 Å². The summed E-state index contributed by atoms with van der Waals surface area (Å²) >= 11 is 0. The average Bonchev–Trinajstić information content (AvgIpc) is 3.28. The molecule has 1 aromatic carbocycles. The normalized spacial score (nSPS) is 21.5. The van der Waals surface area contributed by atoms with Crippen molar-refractivity contribution in [3.63, 3.8) is 0 Å². The number of carbonyl (C=O) groups is 2. The highest BCUT2D eigenvalue weighted by molar-refractivity contribution is 14.0. The molecular weight excluding hydrogens is 521 g/mol. The monoisotopic (exact) mass is 555 g/mol. The lowest BCUT2D eigenvalue weighted by Crippen LogP contribution is -2.55. The summed E-state index contributed by atoms with van der Waals surface area (Å²) in [6.45, 7) is 4.17. The summed E-state index contributed by atoms with van der Waals surface area (Å²) in [6, 6.07) is 7.94. The second kappa shape index (κ2) is 11.8. The number of anilines is 1. The minimum Gasteiger partial charge on any atom is -0.368 e. The molecule has 2 heterocycles. The lowest BCUT2D eigenvalue weighted by atomic mass is 9.85. The molecule has 4 rings (SSSR count). The summed E-state index contributed by atoms with van der Waals surface area (Å²) in [4.78, 5) is 33.2. The van der Waals surface area contributed by atoms with Gasteiger partial charge >= 0.3 is 0 Å². The number of nitrogens with zero attached hydrogens (tertiary/aromatic N) is 3. The summed E-state index contributed by atoms with van der Waals surface area (Å²) in [6.07, 6.45) is 4.70. The quantitative estimate of drug-likeness (QED) is 0.331. The van der Waals surface area contributed by atoms with Crippen LogP contribution < -0.4 is 10.6 Å². The Hall–Kier alpha value is -1.88. The fraction of sp³-hybridized carbons (Fsp3) is 0.609. The topological polar surface area (TPSA) is 86.3 Å². The molecule has 0 radical (unpaired) electrons. The van der Waals surface area contributed by atoms with Gasteiger partial charge in [-0.1, -0.05) is 18.6 Å². The highest BCUT2D eigenvalue weighted by Crippen LogP contribution is 2.27. The second-order valence-corrected chi connectivity index (χ2v) is 8.53. The van der Waals surface area contributed by atoms with Crippen LogP contribution >= 0.6 is 24.0 Å². The molecule has 32 heavy (non-hydrogen) atoms. The molecular formula is C23H34IN5O3. The Morgan fingerprint density at radius 3 is 2.47 bits per heavy atom. The zero-order valence-corrected chi connectivity index (χ0v) is 21.0. The van der Waals surface area contributed by atoms with Gasteiger partial charge in [-0.15, -0.1) is 24.0 Å². The van der Waals surface area contributed by atoms with Crippen molar-refractivity contribution in [3.05, 3.63) is 29.8 Å². The third-order valence-electron chi connectivity index (χ3n) is 6.43. The molecule has 2 N–H and O–H groups in total. The van der Waals surface area contributed by atoms with E-state index < -0.39 is 0 Å². The van der Waals surface area contributed by atoms with E-state index >= 15 is 0 Å². The maximum atomic E-state index is 12.5. The molecule has 1 aromatic rings. The van der Waals surface area contributed by atoms with Crippen LogP contribution in [0.4, 0.5) is 5.69 Å². The minimum absolute atomic E-state index is 0. The SMILES string of the molecule is CN=C(NCc1cccc(NC(=O)C2CCC2)c1)N1CCN(C(=O)C2CCCO2)CC1.I. The van der Waals surface area contributed by atoms with E-state index in [2.05, 4.69) is 20.5 Å². The number of rotatable bonds is 5. The van der Waals surface area contributed by atoms with E-state index in [0.717, 1.165) is 62.4 Å². The Labute approximate surface area is 207 Å². The van der Waals surface area contributed by atoms with E-state index in [-0.39, 0.29) is 47.8 Å². The van der Waals surface area contributed by atoms with Crippen LogP contribution in [0.1, 0.15) is 37.7 Å². The fourth-order valence-corrected chi connectivity index (χ4v) is 4.30. The van der Waals surface area contributed by atoms with Gasteiger partial charge in [0.25, 0.3) is 5.91 Å². The van der Waals surface area contributed by atoms with Gasteiger partial charge in [-0.2, -0.15) is 0 Å². The Bertz CT molecular complexity index is 816. The molecule has 8 nitrogen and oxygen atoms in total. The third-order valence-corrected chi connectivity index (χ3v) is 6.43. The van der Waals surface area contributed by atoms with E-state index in [9.17, 15) is 9.59 Å². The van der Waals surface area contributed by atoms with Gasteiger partial charge in [0.05, 0.1) is 0 Å². The summed E-state index contributed by atoms with van der Waals surface area (Å²) < 4.78 is 5.54. The maximum absolute atomic E-state index is 12.5. The summed E-state index contributed by atoms with van der Waals surface area (Å²) in [5, 5.41) is 6.45. The van der Waals surface area contributed by atoms with Crippen LogP contribution in [0.2, 0.25) is 0 Å². The predicted octanol–water partition coefficient (Wildman–Crippen LogP) is 2.44. The number of guanidine groups is 1. The number of carbonyl (C=O) groups excluding carboxylic acids is 2. The zero-order chi connectivity index (χ0) is 21.6. The molecule has 2 amide bonds. The highest BCUT2D eigenvalue weighted by Gasteiger charge is 2.31. The van der Waals surface area contributed by atoms with Gasteiger partial charge in [0.15, 0.2) is 5.96 Å². The highest BCUT2D eigenvalue weighted by atomic mass is 127. The Kier molecular flexibility index (Phi) is 9.15. The minimum atomic E-state index is -0.249. The van der Waals surface area contributed by atoms with Crippen molar-refractivity contribution in [2.75, 3.05) is 45.2 Å². The molecule has 9 heteroatoms. The molecule has 3 fully saturated rings. The zero-order valence-electron chi connectivity index (χ0n) is 18.7. The van der Waals surface area contributed by atoms with Gasteiger partial charge in [0, 0.05) is 58.0 Å². The Morgan fingerprint density at radius 2 is 1.84 bits per heavy atom. The van der Waals surface area contributed by atoms with Gasteiger partial charge < -0.3 is 25.2 Å². The smallest absolute Gasteiger partial charge is 0.251 e. The van der Waals surface area contributed by atoms with Crippen LogP contribution in [0, 0.1) is 5.92 Å². The van der Waals surface area contributed by atoms with Crippen LogP contribution in [0.5, 0.6) is 0 Å². The number of aliphatic imine (C=N–C) groups is 1. The third kappa shape index (κ3) is 6.12. The Morgan fingerprint density at radius 1 is 1.09 bits per heavy atom. The summed E-state index contributed by atoms with van der Waals surface area (Å²) in [5.41, 5.74) is 1.92. The molecule has 1 saturated carbocycles. The first-order valence-electron chi connectivity index (χ1n) is 11.4. The molecule has 2 saturated heterocycles. The maximum Gasteiger partial charge on any atom is 0.251 e. The van der Waals surface area contributed by atoms with Crippen molar-refractivity contribution < 1.29 is 14.3 Å². The molecule has 1 aliphatic carbocycles. The average molecular weight is 555 g/mol. The lowest BCUT2D eigenvalue weighted by Gasteiger charge is -2.37. The molecule has 0 aromatic heterocycles. The summed E-state index contributed by atoms with van der Waals surface area (Å²) in [7, 11) is 1.78. The number of nitrogens with one attached hydrogen (secondary N) is 2. The predicted molar refractivity (Wildman–Crippen MR) is 135 cm³/mol. The van der Waals surface area contributed by atoms with Gasteiger partial charge in [0.2, 0.25) is 5.91 Å². The molecule has 0 bridgehead atoms. The number of hydrogen-bond acceptors (Lipinski definition) is 4. The number of ether oxygens (including phenoxy) is 1. The molecule has 0 spiro atoms.